The number of halogens is 3. The first-order chi connectivity index (χ1) is 5.86. The van der Waals surface area contributed by atoms with Crippen LogP contribution in [0, 0.1) is 0 Å². The predicted molar refractivity (Wildman–Crippen MR) is 53.0 cm³/mol. The molecule has 0 heterocycles. The van der Waals surface area contributed by atoms with Gasteiger partial charge in [-0.1, -0.05) is 35.2 Å². The second kappa shape index (κ2) is 4.67. The number of allylic oxidation sites excluding steroid dienone is 3. The Hall–Kier alpha value is -0.480. The highest BCUT2D eigenvalue weighted by molar-refractivity contribution is 9.11. The van der Waals surface area contributed by atoms with Gasteiger partial charge in [0, 0.05) is 10.1 Å². The van der Waals surface area contributed by atoms with Gasteiger partial charge in [0.2, 0.25) is 0 Å². The summed E-state index contributed by atoms with van der Waals surface area (Å²) in [6.07, 6.45) is 1.03. The van der Waals surface area contributed by atoms with Crippen LogP contribution in [0.1, 0.15) is 6.92 Å². The zero-order chi connectivity index (χ0) is 10.6. The van der Waals surface area contributed by atoms with Crippen molar-refractivity contribution in [3.63, 3.8) is 0 Å². The van der Waals surface area contributed by atoms with Gasteiger partial charge in [0.05, 0.1) is 0 Å². The number of aliphatic hydroxyl groups is 1. The van der Waals surface area contributed by atoms with Gasteiger partial charge in [0.1, 0.15) is 6.61 Å². The average molecular weight is 253 g/mol. The fourth-order valence-electron chi connectivity index (χ4n) is 0.808. The fourth-order valence-corrected chi connectivity index (χ4v) is 1.02. The summed E-state index contributed by atoms with van der Waals surface area (Å²) in [4.78, 5) is 0. The third kappa shape index (κ3) is 3.04. The summed E-state index contributed by atoms with van der Waals surface area (Å²) in [5, 5.41) is 8.45. The van der Waals surface area contributed by atoms with Crippen LogP contribution < -0.4 is 0 Å². The molecule has 0 rings (SSSR count). The van der Waals surface area contributed by atoms with E-state index in [0.29, 0.717) is 4.48 Å². The Bertz CT molecular complexity index is 256. The third-order valence-electron chi connectivity index (χ3n) is 1.61. The summed E-state index contributed by atoms with van der Waals surface area (Å²) < 4.78 is 26.3. The van der Waals surface area contributed by atoms with Crippen molar-refractivity contribution in [2.24, 2.45) is 0 Å². The van der Waals surface area contributed by atoms with Crippen LogP contribution in [-0.2, 0) is 0 Å². The first-order valence-corrected chi connectivity index (χ1v) is 4.33. The molecule has 4 heteroatoms. The Morgan fingerprint density at radius 2 is 2.08 bits per heavy atom. The van der Waals surface area contributed by atoms with Crippen molar-refractivity contribution >= 4 is 15.9 Å². The van der Waals surface area contributed by atoms with E-state index in [4.69, 9.17) is 5.11 Å². The molecule has 0 fully saturated rings. The van der Waals surface area contributed by atoms with Gasteiger partial charge >= 0.3 is 0 Å². The predicted octanol–water partition coefficient (Wildman–Crippen LogP) is 3.03. The van der Waals surface area contributed by atoms with Crippen molar-refractivity contribution in [3.05, 3.63) is 34.9 Å². The zero-order valence-electron chi connectivity index (χ0n) is 7.28. The first-order valence-electron chi connectivity index (χ1n) is 3.54. The molecule has 0 saturated heterocycles. The van der Waals surface area contributed by atoms with Gasteiger partial charge in [-0.05, 0) is 12.5 Å². The van der Waals surface area contributed by atoms with Crippen LogP contribution >= 0.6 is 15.9 Å². The van der Waals surface area contributed by atoms with Crippen molar-refractivity contribution in [3.8, 4) is 0 Å². The molecule has 0 bridgehead atoms. The lowest BCUT2D eigenvalue weighted by Crippen LogP contribution is -2.24. The fraction of sp³-hybridized carbons (Fsp3) is 0.333. The van der Waals surface area contributed by atoms with Gasteiger partial charge < -0.3 is 5.11 Å². The van der Waals surface area contributed by atoms with Crippen molar-refractivity contribution in [2.45, 2.75) is 12.8 Å². The van der Waals surface area contributed by atoms with Gasteiger partial charge in [-0.15, -0.1) is 0 Å². The molecule has 0 radical (unpaired) electrons. The quantitative estimate of drug-likeness (QED) is 0.763. The second-order valence-electron chi connectivity index (χ2n) is 2.51. The van der Waals surface area contributed by atoms with E-state index in [9.17, 15) is 8.78 Å². The molecular formula is C9H11BrF2O. The van der Waals surface area contributed by atoms with E-state index in [1.807, 2.05) is 0 Å². The minimum absolute atomic E-state index is 0.286. The van der Waals surface area contributed by atoms with Gasteiger partial charge in [-0.3, -0.25) is 0 Å². The molecule has 74 valence electrons. The molecule has 0 aliphatic carbocycles. The van der Waals surface area contributed by atoms with Gasteiger partial charge in [-0.25, -0.2) is 0 Å². The monoisotopic (exact) mass is 252 g/mol. The number of alkyl halides is 2. The Morgan fingerprint density at radius 1 is 1.62 bits per heavy atom. The molecule has 0 unspecified atom stereocenters. The summed E-state index contributed by atoms with van der Waals surface area (Å²) in [6.45, 7) is 6.99. The molecule has 0 aromatic rings. The topological polar surface area (TPSA) is 20.2 Å². The van der Waals surface area contributed by atoms with Gasteiger partial charge in [0.15, 0.2) is 0 Å². The Morgan fingerprint density at radius 3 is 2.31 bits per heavy atom. The maximum Gasteiger partial charge on any atom is 0.296 e. The standard InChI is InChI=1S/C9H11BrF2O/c1-4-8(6(2)7(3)10)9(11,12)5-13/h4,13H,1,3,5H2,2H3/b8-6+. The van der Waals surface area contributed by atoms with Gasteiger partial charge in [0.25, 0.3) is 5.92 Å². The summed E-state index contributed by atoms with van der Waals surface area (Å²) in [6, 6.07) is 0. The Labute approximate surface area is 84.6 Å². The SMILES string of the molecule is C=C/C(=C(/C)C(=C)Br)C(F)(F)CO. The smallest absolute Gasteiger partial charge is 0.296 e. The van der Waals surface area contributed by atoms with E-state index < -0.39 is 12.5 Å². The minimum atomic E-state index is -3.26. The summed E-state index contributed by atoms with van der Waals surface area (Å²) in [7, 11) is 0. The maximum absolute atomic E-state index is 13.0. The van der Waals surface area contributed by atoms with Crippen molar-refractivity contribution in [1.29, 1.82) is 0 Å². The highest BCUT2D eigenvalue weighted by Crippen LogP contribution is 2.30. The van der Waals surface area contributed by atoms with E-state index in [-0.39, 0.29) is 11.1 Å². The van der Waals surface area contributed by atoms with Crippen LogP contribution in [-0.4, -0.2) is 17.6 Å². The summed E-state index contributed by atoms with van der Waals surface area (Å²) in [5.41, 5.74) is -0.0223. The number of rotatable bonds is 4. The molecule has 0 atom stereocenters. The van der Waals surface area contributed by atoms with E-state index in [1.54, 1.807) is 0 Å². The third-order valence-corrected chi connectivity index (χ3v) is 2.20. The van der Waals surface area contributed by atoms with Crippen LogP contribution in [0.5, 0.6) is 0 Å². The van der Waals surface area contributed by atoms with Crippen LogP contribution in [0.25, 0.3) is 0 Å². The molecule has 13 heavy (non-hydrogen) atoms. The molecule has 0 aliphatic rings. The van der Waals surface area contributed by atoms with Crippen LogP contribution in [0.15, 0.2) is 34.9 Å². The molecule has 0 spiro atoms. The molecule has 1 nitrogen and oxygen atoms in total. The van der Waals surface area contributed by atoms with Gasteiger partial charge in [-0.2, -0.15) is 8.78 Å². The Balaban J connectivity index is 5.22. The van der Waals surface area contributed by atoms with E-state index in [2.05, 4.69) is 29.1 Å². The van der Waals surface area contributed by atoms with Crippen LogP contribution in [0.3, 0.4) is 0 Å². The van der Waals surface area contributed by atoms with E-state index >= 15 is 0 Å². The molecular weight excluding hydrogens is 242 g/mol. The Kier molecular flexibility index (Phi) is 4.50. The molecule has 1 N–H and O–H groups in total. The highest BCUT2D eigenvalue weighted by Gasteiger charge is 2.33. The maximum atomic E-state index is 13.0. The van der Waals surface area contributed by atoms with Crippen LogP contribution in [0.2, 0.25) is 0 Å². The molecule has 0 aromatic heterocycles. The highest BCUT2D eigenvalue weighted by atomic mass is 79.9. The lowest BCUT2D eigenvalue weighted by Gasteiger charge is -2.17. The number of aliphatic hydroxyl groups excluding tert-OH is 1. The number of hydrogen-bond donors (Lipinski definition) is 1. The molecule has 0 aliphatic heterocycles. The lowest BCUT2D eigenvalue weighted by molar-refractivity contribution is -0.0131. The van der Waals surface area contributed by atoms with Crippen LogP contribution in [0.4, 0.5) is 8.78 Å². The second-order valence-corrected chi connectivity index (χ2v) is 3.47. The minimum Gasteiger partial charge on any atom is -0.390 e. The molecule has 0 saturated carbocycles. The largest absolute Gasteiger partial charge is 0.390 e. The normalized spacial score (nSPS) is 13.6. The summed E-state index contributed by atoms with van der Waals surface area (Å²) in [5.74, 6) is -3.26. The van der Waals surface area contributed by atoms with Crippen molar-refractivity contribution in [1.82, 2.24) is 0 Å². The first kappa shape index (κ1) is 12.5. The van der Waals surface area contributed by atoms with Crippen molar-refractivity contribution < 1.29 is 13.9 Å². The lowest BCUT2D eigenvalue weighted by atomic mass is 10.0. The van der Waals surface area contributed by atoms with Crippen molar-refractivity contribution in [2.75, 3.05) is 6.61 Å². The molecule has 0 aromatic carbocycles. The average Bonchev–Trinajstić information content (AvgIpc) is 2.05. The molecule has 0 amide bonds. The van der Waals surface area contributed by atoms with E-state index in [1.165, 1.54) is 6.92 Å². The number of hydrogen-bond acceptors (Lipinski definition) is 1. The summed E-state index contributed by atoms with van der Waals surface area (Å²) >= 11 is 2.99. The van der Waals surface area contributed by atoms with E-state index in [0.717, 1.165) is 6.08 Å². The zero-order valence-corrected chi connectivity index (χ0v) is 8.87.